The summed E-state index contributed by atoms with van der Waals surface area (Å²) in [5.74, 6) is -2.79. The number of carbonyl (C=O) groups excluding carboxylic acids is 4. The van der Waals surface area contributed by atoms with Crippen LogP contribution in [0.4, 0.5) is 0 Å². The minimum atomic E-state index is -1.43. The quantitative estimate of drug-likeness (QED) is 0.164. The average molecular weight is 627 g/mol. The van der Waals surface area contributed by atoms with Crippen molar-refractivity contribution in [2.45, 2.75) is 76.6 Å². The van der Waals surface area contributed by atoms with Gasteiger partial charge in [0.2, 0.25) is 12.4 Å². The van der Waals surface area contributed by atoms with E-state index in [1.165, 1.54) is 25.7 Å². The molecule has 0 bridgehead atoms. The normalized spacial score (nSPS) is 21.5. The van der Waals surface area contributed by atoms with E-state index in [0.717, 1.165) is 33.4 Å². The van der Waals surface area contributed by atoms with E-state index < -0.39 is 54.6 Å². The summed E-state index contributed by atoms with van der Waals surface area (Å²) in [6, 6.07) is 18.3. The summed E-state index contributed by atoms with van der Waals surface area (Å²) in [6.45, 7) is 6.73. The highest BCUT2D eigenvalue weighted by Gasteiger charge is 2.53. The summed E-state index contributed by atoms with van der Waals surface area (Å²) in [6.07, 6.45) is -3.64. The van der Waals surface area contributed by atoms with Crippen LogP contribution in [0, 0.1) is 6.92 Å². The SMILES string of the molecule is CSc1ccc(-c2ccc(Cc3cc(C4O[C@H](OC(C)=O)[C@@H](OC(C)=O)[C@H](OC(C)=O)[C@H]4OC(C)=O)ccc3C)s2)cc1. The first-order valence-corrected chi connectivity index (χ1v) is 15.7. The Bertz CT molecular complexity index is 1480. The van der Waals surface area contributed by atoms with Crippen LogP contribution in [0.15, 0.2) is 59.5 Å². The third-order valence-corrected chi connectivity index (χ3v) is 8.66. The molecule has 3 aromatic rings. The molecule has 0 amide bonds. The number of thioether (sulfide) groups is 1. The molecule has 0 N–H and O–H groups in total. The molecule has 0 radical (unpaired) electrons. The van der Waals surface area contributed by atoms with E-state index in [1.54, 1.807) is 23.1 Å². The number of hydrogen-bond donors (Lipinski definition) is 0. The first-order valence-electron chi connectivity index (χ1n) is 13.6. The van der Waals surface area contributed by atoms with E-state index in [1.807, 2.05) is 31.4 Å². The second-order valence-electron chi connectivity index (χ2n) is 10.1. The van der Waals surface area contributed by atoms with Gasteiger partial charge in [-0.3, -0.25) is 19.2 Å². The van der Waals surface area contributed by atoms with Crippen molar-refractivity contribution >= 4 is 47.0 Å². The van der Waals surface area contributed by atoms with Gasteiger partial charge in [0.25, 0.3) is 0 Å². The molecule has 1 unspecified atom stereocenters. The molecule has 5 atom stereocenters. The molecule has 0 saturated carbocycles. The highest BCUT2D eigenvalue weighted by atomic mass is 32.2. The predicted molar refractivity (Wildman–Crippen MR) is 162 cm³/mol. The largest absolute Gasteiger partial charge is 0.455 e. The Hall–Kier alpha value is -3.67. The average Bonchev–Trinajstić information content (AvgIpc) is 3.40. The Morgan fingerprint density at radius 1 is 0.767 bits per heavy atom. The molecular weight excluding hydrogens is 592 g/mol. The maximum atomic E-state index is 12.2. The van der Waals surface area contributed by atoms with E-state index in [4.69, 9.17) is 23.7 Å². The van der Waals surface area contributed by atoms with Crippen LogP contribution >= 0.6 is 23.1 Å². The maximum Gasteiger partial charge on any atom is 0.305 e. The lowest BCUT2D eigenvalue weighted by Crippen LogP contribution is -2.59. The molecule has 228 valence electrons. The molecule has 1 aliphatic heterocycles. The van der Waals surface area contributed by atoms with Gasteiger partial charge in [0.1, 0.15) is 6.10 Å². The van der Waals surface area contributed by atoms with Crippen LogP contribution in [0.25, 0.3) is 10.4 Å². The van der Waals surface area contributed by atoms with Crippen LogP contribution in [0.5, 0.6) is 0 Å². The van der Waals surface area contributed by atoms with Crippen molar-refractivity contribution in [3.05, 3.63) is 76.2 Å². The fourth-order valence-electron chi connectivity index (χ4n) is 4.93. The van der Waals surface area contributed by atoms with Gasteiger partial charge in [-0.05, 0) is 59.7 Å². The first kappa shape index (κ1) is 32.2. The highest BCUT2D eigenvalue weighted by Crippen LogP contribution is 2.39. The third-order valence-electron chi connectivity index (χ3n) is 6.79. The summed E-state index contributed by atoms with van der Waals surface area (Å²) in [5, 5.41) is 0. The van der Waals surface area contributed by atoms with Gasteiger partial charge in [0, 0.05) is 48.8 Å². The Labute approximate surface area is 258 Å². The smallest absolute Gasteiger partial charge is 0.305 e. The minimum Gasteiger partial charge on any atom is -0.455 e. The molecule has 2 aromatic carbocycles. The van der Waals surface area contributed by atoms with E-state index in [-0.39, 0.29) is 0 Å². The van der Waals surface area contributed by atoms with Crippen molar-refractivity contribution in [1.29, 1.82) is 0 Å². The molecule has 1 fully saturated rings. The van der Waals surface area contributed by atoms with Gasteiger partial charge in [-0.25, -0.2) is 0 Å². The second kappa shape index (κ2) is 14.2. The van der Waals surface area contributed by atoms with Gasteiger partial charge >= 0.3 is 23.9 Å². The summed E-state index contributed by atoms with van der Waals surface area (Å²) >= 11 is 3.40. The molecule has 11 heteroatoms. The Balaban J connectivity index is 1.69. The Kier molecular flexibility index (Phi) is 10.6. The fraction of sp³-hybridized carbons (Fsp3) is 0.375. The zero-order chi connectivity index (χ0) is 31.3. The van der Waals surface area contributed by atoms with Gasteiger partial charge in [0.05, 0.1) is 0 Å². The van der Waals surface area contributed by atoms with Crippen molar-refractivity contribution in [2.24, 2.45) is 0 Å². The van der Waals surface area contributed by atoms with Gasteiger partial charge in [-0.15, -0.1) is 23.1 Å². The fourth-order valence-corrected chi connectivity index (χ4v) is 6.38. The van der Waals surface area contributed by atoms with E-state index in [9.17, 15) is 19.2 Å². The van der Waals surface area contributed by atoms with Gasteiger partial charge in [-0.1, -0.05) is 30.3 Å². The number of rotatable bonds is 9. The molecule has 9 nitrogen and oxygen atoms in total. The number of thiophene rings is 1. The van der Waals surface area contributed by atoms with Crippen LogP contribution in [0.2, 0.25) is 0 Å². The number of aryl methyl sites for hydroxylation is 1. The topological polar surface area (TPSA) is 114 Å². The van der Waals surface area contributed by atoms with Crippen molar-refractivity contribution in [2.75, 3.05) is 6.26 Å². The number of benzene rings is 2. The zero-order valence-electron chi connectivity index (χ0n) is 24.8. The Morgan fingerprint density at radius 2 is 1.37 bits per heavy atom. The predicted octanol–water partition coefficient (Wildman–Crippen LogP) is 5.79. The summed E-state index contributed by atoms with van der Waals surface area (Å²) in [7, 11) is 0. The highest BCUT2D eigenvalue weighted by molar-refractivity contribution is 7.98. The summed E-state index contributed by atoms with van der Waals surface area (Å²) in [5.41, 5.74) is 3.79. The zero-order valence-corrected chi connectivity index (χ0v) is 26.4. The van der Waals surface area contributed by atoms with Crippen LogP contribution in [-0.4, -0.2) is 54.7 Å². The summed E-state index contributed by atoms with van der Waals surface area (Å²) < 4.78 is 28.0. The van der Waals surface area contributed by atoms with E-state index in [2.05, 4.69) is 36.4 Å². The lowest BCUT2D eigenvalue weighted by atomic mass is 9.90. The first-order chi connectivity index (χ1) is 20.4. The van der Waals surface area contributed by atoms with E-state index in [0.29, 0.717) is 12.0 Å². The molecule has 1 saturated heterocycles. The van der Waals surface area contributed by atoms with E-state index >= 15 is 0 Å². The third kappa shape index (κ3) is 8.25. The number of ether oxygens (including phenoxy) is 5. The monoisotopic (exact) mass is 626 g/mol. The van der Waals surface area contributed by atoms with Crippen molar-refractivity contribution < 1.29 is 42.9 Å². The molecule has 2 heterocycles. The van der Waals surface area contributed by atoms with Crippen molar-refractivity contribution in [1.82, 2.24) is 0 Å². The van der Waals surface area contributed by atoms with Crippen molar-refractivity contribution in [3.8, 4) is 10.4 Å². The van der Waals surface area contributed by atoms with Crippen LogP contribution in [0.3, 0.4) is 0 Å². The second-order valence-corrected chi connectivity index (χ2v) is 12.2. The van der Waals surface area contributed by atoms with Crippen LogP contribution in [-0.2, 0) is 49.3 Å². The number of esters is 4. The molecule has 4 rings (SSSR count). The number of hydrogen-bond acceptors (Lipinski definition) is 11. The van der Waals surface area contributed by atoms with Crippen LogP contribution in [0.1, 0.15) is 55.4 Å². The Morgan fingerprint density at radius 3 is 1.98 bits per heavy atom. The van der Waals surface area contributed by atoms with Gasteiger partial charge in [0.15, 0.2) is 12.2 Å². The van der Waals surface area contributed by atoms with Gasteiger partial charge < -0.3 is 23.7 Å². The standard InChI is InChI=1S/C32H34O9S2/c1-17-7-8-23(15-24(17)16-26-13-14-27(43-26)22-9-11-25(42-6)12-10-22)28-29(37-18(2)33)30(38-19(3)34)31(39-20(4)35)32(41-28)40-21(5)36/h7-15,28-32H,16H2,1-6H3/t28?,29-,30+,31-,32-/m0/s1. The van der Waals surface area contributed by atoms with Crippen LogP contribution < -0.4 is 0 Å². The number of carbonyl (C=O) groups is 4. The molecule has 0 aliphatic carbocycles. The molecular formula is C32H34O9S2. The molecule has 1 aromatic heterocycles. The lowest BCUT2D eigenvalue weighted by molar-refractivity contribution is -0.298. The van der Waals surface area contributed by atoms with Gasteiger partial charge in [-0.2, -0.15) is 0 Å². The van der Waals surface area contributed by atoms with Crippen molar-refractivity contribution in [3.63, 3.8) is 0 Å². The molecule has 43 heavy (non-hydrogen) atoms. The molecule has 0 spiro atoms. The molecule has 1 aliphatic rings. The maximum absolute atomic E-state index is 12.2. The minimum absolute atomic E-state index is 0.604. The lowest BCUT2D eigenvalue weighted by Gasteiger charge is -2.44. The summed E-state index contributed by atoms with van der Waals surface area (Å²) in [4.78, 5) is 51.8.